The molecule has 0 spiro atoms. The van der Waals surface area contributed by atoms with Gasteiger partial charge in [-0.1, -0.05) is 44.6 Å². The molecule has 0 aliphatic carbocycles. The summed E-state index contributed by atoms with van der Waals surface area (Å²) in [5, 5.41) is 0. The highest BCUT2D eigenvalue weighted by molar-refractivity contribution is 5.25. The normalized spacial score (nSPS) is 19.4. The molecule has 0 bridgehead atoms. The highest BCUT2D eigenvalue weighted by Gasteiger charge is 2.31. The van der Waals surface area contributed by atoms with E-state index in [9.17, 15) is 13.2 Å². The Morgan fingerprint density at radius 2 is 1.76 bits per heavy atom. The predicted octanol–water partition coefficient (Wildman–Crippen LogP) is 4.88. The van der Waals surface area contributed by atoms with Crippen molar-refractivity contribution in [3.05, 3.63) is 47.0 Å². The molecule has 116 valence electrons. The van der Waals surface area contributed by atoms with Gasteiger partial charge in [0.25, 0.3) is 0 Å². The monoisotopic (exact) mass is 297 g/mol. The van der Waals surface area contributed by atoms with Crippen LogP contribution in [0.1, 0.15) is 38.3 Å². The lowest BCUT2D eigenvalue weighted by atomic mass is 9.79. The van der Waals surface area contributed by atoms with E-state index in [4.69, 9.17) is 0 Å². The van der Waals surface area contributed by atoms with Gasteiger partial charge in [-0.15, -0.1) is 0 Å². The highest BCUT2D eigenvalue weighted by atomic mass is 19.4. The van der Waals surface area contributed by atoms with Crippen molar-refractivity contribution in [3.63, 3.8) is 0 Å². The summed E-state index contributed by atoms with van der Waals surface area (Å²) in [5.74, 6) is 0. The van der Waals surface area contributed by atoms with Gasteiger partial charge in [0.1, 0.15) is 0 Å². The van der Waals surface area contributed by atoms with Gasteiger partial charge in [-0.25, -0.2) is 0 Å². The van der Waals surface area contributed by atoms with E-state index < -0.39 is 11.7 Å². The average Bonchev–Trinajstić information content (AvgIpc) is 2.37. The summed E-state index contributed by atoms with van der Waals surface area (Å²) in [6, 6.07) is 5.49. The standard InChI is InChI=1S/C17H22F3N/c1-4-14-9-10-21(12-16(14,2)3)11-13-5-7-15(8-6-13)17(18,19)20/h5-9H,4,10-12H2,1-3H3. The summed E-state index contributed by atoms with van der Waals surface area (Å²) in [5.41, 5.74) is 1.94. The third-order valence-electron chi connectivity index (χ3n) is 4.15. The van der Waals surface area contributed by atoms with Crippen LogP contribution in [0.5, 0.6) is 0 Å². The number of alkyl halides is 3. The van der Waals surface area contributed by atoms with Gasteiger partial charge in [0.15, 0.2) is 0 Å². The Kier molecular flexibility index (Phi) is 4.47. The van der Waals surface area contributed by atoms with E-state index in [-0.39, 0.29) is 5.41 Å². The van der Waals surface area contributed by atoms with E-state index in [0.717, 1.165) is 37.2 Å². The predicted molar refractivity (Wildman–Crippen MR) is 78.9 cm³/mol. The lowest BCUT2D eigenvalue weighted by molar-refractivity contribution is -0.137. The van der Waals surface area contributed by atoms with Crippen molar-refractivity contribution in [2.45, 2.75) is 39.9 Å². The average molecular weight is 297 g/mol. The SMILES string of the molecule is CCC1=CCN(Cc2ccc(C(F)(F)F)cc2)CC1(C)C. The molecule has 0 N–H and O–H groups in total. The summed E-state index contributed by atoms with van der Waals surface area (Å²) in [6.07, 6.45) is -0.945. The second-order valence-electron chi connectivity index (χ2n) is 6.33. The van der Waals surface area contributed by atoms with Gasteiger partial charge in [0, 0.05) is 19.6 Å². The second-order valence-corrected chi connectivity index (χ2v) is 6.33. The Balaban J connectivity index is 2.05. The van der Waals surface area contributed by atoms with Crippen LogP contribution < -0.4 is 0 Å². The van der Waals surface area contributed by atoms with E-state index in [1.165, 1.54) is 5.57 Å². The van der Waals surface area contributed by atoms with Gasteiger partial charge < -0.3 is 0 Å². The van der Waals surface area contributed by atoms with Gasteiger partial charge in [-0.05, 0) is 29.5 Å². The van der Waals surface area contributed by atoms with Crippen molar-refractivity contribution in [3.8, 4) is 0 Å². The maximum Gasteiger partial charge on any atom is 0.416 e. The molecule has 1 aliphatic heterocycles. The van der Waals surface area contributed by atoms with Gasteiger partial charge in [-0.3, -0.25) is 4.90 Å². The third kappa shape index (κ3) is 3.88. The molecule has 0 unspecified atom stereocenters. The third-order valence-corrected chi connectivity index (χ3v) is 4.15. The van der Waals surface area contributed by atoms with Crippen molar-refractivity contribution in [1.29, 1.82) is 0 Å². The molecule has 0 saturated carbocycles. The van der Waals surface area contributed by atoms with Crippen LogP contribution in [-0.2, 0) is 12.7 Å². The molecule has 1 heterocycles. The summed E-state index contributed by atoms with van der Waals surface area (Å²) in [4.78, 5) is 2.28. The van der Waals surface area contributed by atoms with E-state index in [0.29, 0.717) is 6.54 Å². The number of nitrogens with zero attached hydrogens (tertiary/aromatic N) is 1. The molecular formula is C17H22F3N. The van der Waals surface area contributed by atoms with Gasteiger partial charge in [-0.2, -0.15) is 13.2 Å². The van der Waals surface area contributed by atoms with Crippen molar-refractivity contribution in [2.24, 2.45) is 5.41 Å². The molecule has 1 aromatic carbocycles. The molecule has 0 amide bonds. The number of rotatable bonds is 3. The van der Waals surface area contributed by atoms with Crippen LogP contribution in [0.2, 0.25) is 0 Å². The van der Waals surface area contributed by atoms with Gasteiger partial charge >= 0.3 is 6.18 Å². The van der Waals surface area contributed by atoms with Crippen molar-refractivity contribution < 1.29 is 13.2 Å². The molecule has 1 nitrogen and oxygen atoms in total. The van der Waals surface area contributed by atoms with E-state index in [1.54, 1.807) is 12.1 Å². The minimum atomic E-state index is -4.26. The largest absolute Gasteiger partial charge is 0.416 e. The summed E-state index contributed by atoms with van der Waals surface area (Å²) in [6.45, 7) is 9.11. The zero-order chi connectivity index (χ0) is 15.7. The molecular weight excluding hydrogens is 275 g/mol. The Morgan fingerprint density at radius 3 is 2.24 bits per heavy atom. The van der Waals surface area contributed by atoms with E-state index in [2.05, 4.69) is 31.7 Å². The topological polar surface area (TPSA) is 3.24 Å². The molecule has 1 aromatic rings. The van der Waals surface area contributed by atoms with Crippen molar-refractivity contribution in [1.82, 2.24) is 4.90 Å². The molecule has 0 radical (unpaired) electrons. The molecule has 4 heteroatoms. The first-order valence-electron chi connectivity index (χ1n) is 7.30. The Morgan fingerprint density at radius 1 is 1.14 bits per heavy atom. The second kappa shape index (κ2) is 5.84. The van der Waals surface area contributed by atoms with Gasteiger partial charge in [0.05, 0.1) is 5.56 Å². The lowest BCUT2D eigenvalue weighted by Gasteiger charge is -2.38. The van der Waals surface area contributed by atoms with Crippen LogP contribution in [0.15, 0.2) is 35.9 Å². The summed E-state index contributed by atoms with van der Waals surface area (Å²) in [7, 11) is 0. The van der Waals surface area contributed by atoms with Crippen LogP contribution in [0, 0.1) is 5.41 Å². The minimum absolute atomic E-state index is 0.138. The fourth-order valence-electron chi connectivity index (χ4n) is 3.04. The Hall–Kier alpha value is -1.29. The first kappa shape index (κ1) is 16.1. The molecule has 21 heavy (non-hydrogen) atoms. The lowest BCUT2D eigenvalue weighted by Crippen LogP contribution is -2.39. The molecule has 0 atom stereocenters. The maximum atomic E-state index is 12.5. The highest BCUT2D eigenvalue weighted by Crippen LogP contribution is 2.34. The quantitative estimate of drug-likeness (QED) is 0.718. The van der Waals surface area contributed by atoms with Gasteiger partial charge in [0.2, 0.25) is 0 Å². The fraction of sp³-hybridized carbons (Fsp3) is 0.529. The molecule has 2 rings (SSSR count). The Labute approximate surface area is 124 Å². The van der Waals surface area contributed by atoms with E-state index in [1.807, 2.05) is 0 Å². The zero-order valence-corrected chi connectivity index (χ0v) is 12.8. The van der Waals surface area contributed by atoms with Crippen molar-refractivity contribution >= 4 is 0 Å². The van der Waals surface area contributed by atoms with Crippen LogP contribution >= 0.6 is 0 Å². The number of benzene rings is 1. The number of hydrogen-bond donors (Lipinski definition) is 0. The first-order valence-corrected chi connectivity index (χ1v) is 7.30. The number of hydrogen-bond acceptors (Lipinski definition) is 1. The van der Waals surface area contributed by atoms with Crippen LogP contribution in [0.25, 0.3) is 0 Å². The maximum absolute atomic E-state index is 12.5. The summed E-state index contributed by atoms with van der Waals surface area (Å²) >= 11 is 0. The molecule has 0 saturated heterocycles. The van der Waals surface area contributed by atoms with E-state index >= 15 is 0 Å². The molecule has 0 fully saturated rings. The zero-order valence-electron chi connectivity index (χ0n) is 12.8. The number of halogens is 3. The van der Waals surface area contributed by atoms with Crippen LogP contribution in [0.3, 0.4) is 0 Å². The minimum Gasteiger partial charge on any atom is -0.295 e. The molecule has 1 aliphatic rings. The van der Waals surface area contributed by atoms with Crippen molar-refractivity contribution in [2.75, 3.05) is 13.1 Å². The summed E-state index contributed by atoms with van der Waals surface area (Å²) < 4.78 is 37.6. The first-order chi connectivity index (χ1) is 9.72. The van der Waals surface area contributed by atoms with Crippen LogP contribution in [-0.4, -0.2) is 18.0 Å². The Bertz CT molecular complexity index is 512. The smallest absolute Gasteiger partial charge is 0.295 e. The molecule has 0 aromatic heterocycles. The fourth-order valence-corrected chi connectivity index (χ4v) is 3.04. The van der Waals surface area contributed by atoms with Crippen LogP contribution in [0.4, 0.5) is 13.2 Å².